The van der Waals surface area contributed by atoms with Crippen molar-refractivity contribution in [2.24, 2.45) is 12.8 Å². The van der Waals surface area contributed by atoms with Crippen LogP contribution in [0.25, 0.3) is 0 Å². The fraction of sp³-hybridized carbons (Fsp3) is 0.200. The molecule has 1 aliphatic rings. The van der Waals surface area contributed by atoms with Gasteiger partial charge < -0.3 is 16.0 Å². The van der Waals surface area contributed by atoms with E-state index >= 15 is 0 Å². The van der Waals surface area contributed by atoms with E-state index in [0.717, 1.165) is 33.9 Å². The van der Waals surface area contributed by atoms with Crippen LogP contribution in [-0.4, -0.2) is 45.2 Å². The Labute approximate surface area is 180 Å². The Bertz CT molecular complexity index is 998. The van der Waals surface area contributed by atoms with E-state index in [1.807, 2.05) is 56.4 Å². The number of para-hydroxylation sites is 2. The first-order valence-corrected chi connectivity index (χ1v) is 8.57. The van der Waals surface area contributed by atoms with Gasteiger partial charge in [-0.1, -0.05) is 18.2 Å². The van der Waals surface area contributed by atoms with E-state index in [9.17, 15) is 4.79 Å². The zero-order chi connectivity index (χ0) is 18.3. The Kier molecular flexibility index (Phi) is 5.72. The van der Waals surface area contributed by atoms with Crippen LogP contribution < -0.4 is 16.0 Å². The van der Waals surface area contributed by atoms with Gasteiger partial charge in [-0.25, -0.2) is 0 Å². The first-order chi connectivity index (χ1) is 12.6. The number of nitrogens with zero attached hydrogens (tertiary/aromatic N) is 3. The van der Waals surface area contributed by atoms with Crippen LogP contribution in [0.15, 0.2) is 48.7 Å². The van der Waals surface area contributed by atoms with Crippen molar-refractivity contribution in [3.8, 4) is 0 Å². The fourth-order valence-electron chi connectivity index (χ4n) is 3.35. The molecule has 7 heteroatoms. The first-order valence-electron chi connectivity index (χ1n) is 8.57. The smallest absolute Gasteiger partial charge is 0.258 e. The summed E-state index contributed by atoms with van der Waals surface area (Å²) in [4.78, 5) is 15.1. The van der Waals surface area contributed by atoms with Gasteiger partial charge in [0.2, 0.25) is 0 Å². The molecule has 2 aromatic carbocycles. The predicted octanol–water partition coefficient (Wildman–Crippen LogP) is 2.71. The molecule has 4 rings (SSSR count). The van der Waals surface area contributed by atoms with Gasteiger partial charge in [0, 0.05) is 54.3 Å². The summed E-state index contributed by atoms with van der Waals surface area (Å²) in [7, 11) is 1.89. The van der Waals surface area contributed by atoms with Crippen LogP contribution in [0.1, 0.15) is 27.0 Å². The Morgan fingerprint density at radius 1 is 1.26 bits per heavy atom. The van der Waals surface area contributed by atoms with E-state index in [-0.39, 0.29) is 35.5 Å². The molecule has 0 aliphatic carbocycles. The summed E-state index contributed by atoms with van der Waals surface area (Å²) >= 11 is 0. The molecule has 1 amide bonds. The molecule has 0 bridgehead atoms. The van der Waals surface area contributed by atoms with Gasteiger partial charge in [0.15, 0.2) is 0 Å². The number of benzene rings is 2. The van der Waals surface area contributed by atoms with Gasteiger partial charge >= 0.3 is 0 Å². The van der Waals surface area contributed by atoms with E-state index < -0.39 is 0 Å². The van der Waals surface area contributed by atoms with Crippen molar-refractivity contribution in [1.82, 2.24) is 9.78 Å². The third-order valence-corrected chi connectivity index (χ3v) is 4.85. The average molecular weight is 370 g/mol. The normalized spacial score (nSPS) is 12.3. The minimum atomic E-state index is -0.0392. The van der Waals surface area contributed by atoms with Crippen molar-refractivity contribution >= 4 is 52.7 Å². The molecule has 1 aromatic heterocycles. The van der Waals surface area contributed by atoms with E-state index in [2.05, 4.69) is 10.4 Å². The van der Waals surface area contributed by atoms with Gasteiger partial charge in [0.05, 0.1) is 24.1 Å². The van der Waals surface area contributed by atoms with Gasteiger partial charge in [-0.2, -0.15) is 5.10 Å². The molecule has 3 aromatic rings. The second-order valence-corrected chi connectivity index (χ2v) is 6.52. The number of nitrogens with one attached hydrogen (secondary N) is 1. The van der Waals surface area contributed by atoms with Crippen molar-refractivity contribution in [3.05, 3.63) is 70.9 Å². The number of rotatable bonds is 2. The average Bonchev–Trinajstić information content (AvgIpc) is 2.90. The number of nitrogens with two attached hydrogens (primary N) is 1. The molecule has 133 valence electrons. The monoisotopic (exact) mass is 370 g/mol. The standard InChI is InChI=1S/C20H21N5O.Na/c1-13-9-14(7-8-15(13)10-21)20(26)25-12-16-11-22-24(2)19(16)23-17-5-3-4-6-18(17)25;/h3-9,11,23H,10,12,21H2,1-2H3;. The SMILES string of the molecule is Cc1cc(C(=O)N2Cc3cnn(C)c3Nc3ccccc32)ccc1CN.[Na]. The Hall–Kier alpha value is -2.12. The minimum Gasteiger partial charge on any atom is -0.338 e. The maximum Gasteiger partial charge on any atom is 0.258 e. The number of fused-ring (bicyclic) bond motifs is 2. The number of hydrogen-bond acceptors (Lipinski definition) is 4. The molecular formula is C20H21N5NaO. The van der Waals surface area contributed by atoms with Gasteiger partial charge in [0.25, 0.3) is 5.91 Å². The topological polar surface area (TPSA) is 76.2 Å². The van der Waals surface area contributed by atoms with Crippen molar-refractivity contribution in [1.29, 1.82) is 0 Å². The molecule has 6 nitrogen and oxygen atoms in total. The van der Waals surface area contributed by atoms with Crippen molar-refractivity contribution in [3.63, 3.8) is 0 Å². The summed E-state index contributed by atoms with van der Waals surface area (Å²) in [6.07, 6.45) is 1.80. The van der Waals surface area contributed by atoms with Crippen molar-refractivity contribution < 1.29 is 4.79 Å². The van der Waals surface area contributed by atoms with Crippen LogP contribution >= 0.6 is 0 Å². The second-order valence-electron chi connectivity index (χ2n) is 6.52. The van der Waals surface area contributed by atoms with Crippen LogP contribution in [0.5, 0.6) is 0 Å². The molecule has 0 spiro atoms. The Morgan fingerprint density at radius 3 is 2.78 bits per heavy atom. The van der Waals surface area contributed by atoms with Crippen LogP contribution in [-0.2, 0) is 20.1 Å². The molecule has 0 saturated heterocycles. The molecule has 1 aliphatic heterocycles. The summed E-state index contributed by atoms with van der Waals surface area (Å²) in [5.74, 6) is 0.866. The molecule has 0 atom stereocenters. The Balaban J connectivity index is 0.00000210. The fourth-order valence-corrected chi connectivity index (χ4v) is 3.35. The van der Waals surface area contributed by atoms with Crippen molar-refractivity contribution in [2.75, 3.05) is 10.2 Å². The number of aromatic nitrogens is 2. The largest absolute Gasteiger partial charge is 0.338 e. The quantitative estimate of drug-likeness (QED) is 0.680. The van der Waals surface area contributed by atoms with E-state index in [1.165, 1.54) is 0 Å². The van der Waals surface area contributed by atoms with Gasteiger partial charge in [-0.05, 0) is 42.3 Å². The predicted molar refractivity (Wildman–Crippen MR) is 108 cm³/mol. The second kappa shape index (κ2) is 7.86. The minimum absolute atomic E-state index is 0. The third-order valence-electron chi connectivity index (χ3n) is 4.85. The maximum atomic E-state index is 13.3. The summed E-state index contributed by atoms with van der Waals surface area (Å²) in [6.45, 7) is 2.91. The zero-order valence-corrected chi connectivity index (χ0v) is 17.9. The van der Waals surface area contributed by atoms with Gasteiger partial charge in [-0.3, -0.25) is 9.48 Å². The molecule has 2 heterocycles. The van der Waals surface area contributed by atoms with E-state index in [1.54, 1.807) is 15.8 Å². The molecule has 1 radical (unpaired) electrons. The van der Waals surface area contributed by atoms with Gasteiger partial charge in [-0.15, -0.1) is 0 Å². The molecule has 27 heavy (non-hydrogen) atoms. The van der Waals surface area contributed by atoms with Crippen LogP contribution in [0, 0.1) is 6.92 Å². The Morgan fingerprint density at radius 2 is 2.04 bits per heavy atom. The maximum absolute atomic E-state index is 13.3. The summed E-state index contributed by atoms with van der Waals surface area (Å²) < 4.78 is 1.79. The number of carbonyl (C=O) groups is 1. The number of hydrogen-bond donors (Lipinski definition) is 2. The molecule has 0 unspecified atom stereocenters. The zero-order valence-electron chi connectivity index (χ0n) is 15.9. The number of anilines is 3. The third kappa shape index (κ3) is 3.53. The number of carbonyl (C=O) groups excluding carboxylic acids is 1. The molecule has 3 N–H and O–H groups in total. The molecule has 0 fully saturated rings. The summed E-state index contributed by atoms with van der Waals surface area (Å²) in [5.41, 5.74) is 11.2. The van der Waals surface area contributed by atoms with E-state index in [4.69, 9.17) is 5.73 Å². The van der Waals surface area contributed by atoms with Crippen molar-refractivity contribution in [2.45, 2.75) is 20.0 Å². The first kappa shape index (κ1) is 19.6. The molecule has 0 saturated carbocycles. The number of amides is 1. The van der Waals surface area contributed by atoms with Crippen LogP contribution in [0.2, 0.25) is 0 Å². The van der Waals surface area contributed by atoms with Crippen LogP contribution in [0.3, 0.4) is 0 Å². The van der Waals surface area contributed by atoms with Gasteiger partial charge in [0.1, 0.15) is 5.82 Å². The van der Waals surface area contributed by atoms with E-state index in [0.29, 0.717) is 18.7 Å². The summed E-state index contributed by atoms with van der Waals surface area (Å²) in [5, 5.41) is 7.73. The number of aryl methyl sites for hydroxylation is 2. The summed E-state index contributed by atoms with van der Waals surface area (Å²) in [6, 6.07) is 13.5. The molecular weight excluding hydrogens is 349 g/mol. The van der Waals surface area contributed by atoms with Crippen LogP contribution in [0.4, 0.5) is 17.2 Å².